The Kier molecular flexibility index (Phi) is 7.16. The molecular weight excluding hydrogens is 458 g/mol. The topological polar surface area (TPSA) is 86.4 Å². The lowest BCUT2D eigenvalue weighted by atomic mass is 10.0. The fourth-order valence-corrected chi connectivity index (χ4v) is 3.47. The lowest BCUT2D eigenvalue weighted by Gasteiger charge is -2.18. The van der Waals surface area contributed by atoms with E-state index in [0.717, 1.165) is 14.9 Å². The van der Waals surface area contributed by atoms with Crippen molar-refractivity contribution in [2.45, 2.75) is 23.9 Å². The van der Waals surface area contributed by atoms with E-state index in [1.807, 2.05) is 36.7 Å². The Morgan fingerprint density at radius 1 is 1.28 bits per heavy atom. The number of carbonyl (C=O) groups excluding carboxylic acids is 2. The minimum absolute atomic E-state index is 0.0235. The summed E-state index contributed by atoms with van der Waals surface area (Å²) in [7, 11) is 1.32. The number of hydrogen-bond donors (Lipinski definition) is 1. The number of aromatic nitrogens is 2. The number of hydrogen-bond acceptors (Lipinski definition) is 6. The zero-order chi connectivity index (χ0) is 20.8. The van der Waals surface area contributed by atoms with E-state index in [-0.39, 0.29) is 12.2 Å². The molecule has 1 aromatic carbocycles. The summed E-state index contributed by atoms with van der Waals surface area (Å²) in [4.78, 5) is 25.6. The maximum Gasteiger partial charge on any atom is 0.307 e. The van der Waals surface area contributed by atoms with Crippen LogP contribution in [-0.4, -0.2) is 35.0 Å². The van der Waals surface area contributed by atoms with Crippen molar-refractivity contribution in [3.63, 3.8) is 0 Å². The van der Waals surface area contributed by atoms with Crippen molar-refractivity contribution < 1.29 is 18.7 Å². The van der Waals surface area contributed by atoms with Crippen molar-refractivity contribution in [3.8, 4) is 0 Å². The first-order valence-corrected chi connectivity index (χ1v) is 10.8. The Morgan fingerprint density at radius 3 is 2.66 bits per heavy atom. The van der Waals surface area contributed by atoms with Crippen LogP contribution < -0.4 is 5.32 Å². The van der Waals surface area contributed by atoms with E-state index in [1.165, 1.54) is 7.11 Å². The summed E-state index contributed by atoms with van der Waals surface area (Å²) in [6.45, 7) is 0.403. The third-order valence-corrected chi connectivity index (χ3v) is 5.38. The SMILES string of the molecule is COC(=O)CC(NC(=O)c1ccc(Cn2cc(Br)cn2)o1)c1ccc(SC)cc1. The van der Waals surface area contributed by atoms with Crippen molar-refractivity contribution in [2.75, 3.05) is 13.4 Å². The van der Waals surface area contributed by atoms with Crippen LogP contribution in [0.3, 0.4) is 0 Å². The van der Waals surface area contributed by atoms with Crippen LogP contribution in [0.2, 0.25) is 0 Å². The third kappa shape index (κ3) is 5.74. The number of halogens is 1. The highest BCUT2D eigenvalue weighted by atomic mass is 79.9. The maximum absolute atomic E-state index is 12.7. The van der Waals surface area contributed by atoms with Crippen molar-refractivity contribution in [1.82, 2.24) is 15.1 Å². The average Bonchev–Trinajstić information content (AvgIpc) is 3.36. The van der Waals surface area contributed by atoms with Gasteiger partial charge in [0, 0.05) is 11.1 Å². The van der Waals surface area contributed by atoms with Gasteiger partial charge in [-0.2, -0.15) is 5.10 Å². The van der Waals surface area contributed by atoms with Crippen molar-refractivity contribution in [1.29, 1.82) is 0 Å². The monoisotopic (exact) mass is 477 g/mol. The summed E-state index contributed by atoms with van der Waals surface area (Å²) < 4.78 is 13.0. The summed E-state index contributed by atoms with van der Waals surface area (Å²) in [5, 5.41) is 7.03. The molecule has 0 aliphatic heterocycles. The zero-order valence-electron chi connectivity index (χ0n) is 15.9. The van der Waals surface area contributed by atoms with Crippen LogP contribution in [0.4, 0.5) is 0 Å². The predicted molar refractivity (Wildman–Crippen MR) is 113 cm³/mol. The van der Waals surface area contributed by atoms with Crippen LogP contribution in [-0.2, 0) is 16.1 Å². The van der Waals surface area contributed by atoms with E-state index in [9.17, 15) is 9.59 Å². The maximum atomic E-state index is 12.7. The molecule has 0 saturated carbocycles. The highest BCUT2D eigenvalue weighted by molar-refractivity contribution is 9.10. The van der Waals surface area contributed by atoms with E-state index in [0.29, 0.717) is 12.3 Å². The molecule has 2 heterocycles. The van der Waals surface area contributed by atoms with Gasteiger partial charge in [-0.3, -0.25) is 14.3 Å². The van der Waals surface area contributed by atoms with Gasteiger partial charge in [-0.1, -0.05) is 12.1 Å². The molecule has 152 valence electrons. The lowest BCUT2D eigenvalue weighted by molar-refractivity contribution is -0.141. The molecule has 0 bridgehead atoms. The first-order chi connectivity index (χ1) is 14.0. The van der Waals surface area contributed by atoms with Gasteiger partial charge in [0.05, 0.1) is 36.8 Å². The average molecular weight is 478 g/mol. The number of esters is 1. The van der Waals surface area contributed by atoms with E-state index < -0.39 is 17.9 Å². The Balaban J connectivity index is 1.72. The quantitative estimate of drug-likeness (QED) is 0.389. The van der Waals surface area contributed by atoms with Crippen molar-refractivity contribution in [2.24, 2.45) is 0 Å². The van der Waals surface area contributed by atoms with Gasteiger partial charge in [0.1, 0.15) is 5.76 Å². The summed E-state index contributed by atoms with van der Waals surface area (Å²) in [6, 6.07) is 10.5. The zero-order valence-corrected chi connectivity index (χ0v) is 18.3. The van der Waals surface area contributed by atoms with E-state index in [1.54, 1.807) is 34.8 Å². The van der Waals surface area contributed by atoms with Gasteiger partial charge in [-0.05, 0) is 52.0 Å². The second kappa shape index (κ2) is 9.80. The second-order valence-corrected chi connectivity index (χ2v) is 8.00. The van der Waals surface area contributed by atoms with Gasteiger partial charge in [0.2, 0.25) is 0 Å². The van der Waals surface area contributed by atoms with Crippen LogP contribution in [0, 0.1) is 0 Å². The van der Waals surface area contributed by atoms with Crippen LogP contribution >= 0.6 is 27.7 Å². The number of nitrogens with one attached hydrogen (secondary N) is 1. The molecule has 0 aliphatic carbocycles. The molecule has 0 radical (unpaired) electrons. The molecular formula is C20H20BrN3O4S. The molecule has 0 saturated heterocycles. The van der Waals surface area contributed by atoms with Gasteiger partial charge in [0.25, 0.3) is 5.91 Å². The molecule has 2 aromatic heterocycles. The molecule has 0 spiro atoms. The number of rotatable bonds is 8. The highest BCUT2D eigenvalue weighted by Gasteiger charge is 2.21. The fraction of sp³-hybridized carbons (Fsp3) is 0.250. The standard InChI is InChI=1S/C20H20BrN3O4S/c1-27-19(25)9-17(13-3-6-16(29-2)7-4-13)23-20(26)18-8-5-15(28-18)12-24-11-14(21)10-22-24/h3-8,10-11,17H,9,12H2,1-2H3,(H,23,26). The summed E-state index contributed by atoms with van der Waals surface area (Å²) in [5.41, 5.74) is 0.815. The van der Waals surface area contributed by atoms with Crippen LogP contribution in [0.1, 0.15) is 34.3 Å². The third-order valence-electron chi connectivity index (χ3n) is 4.23. The Labute approximate surface area is 180 Å². The van der Waals surface area contributed by atoms with Gasteiger partial charge in [0.15, 0.2) is 5.76 Å². The summed E-state index contributed by atoms with van der Waals surface area (Å²) >= 11 is 4.96. The smallest absolute Gasteiger partial charge is 0.307 e. The van der Waals surface area contributed by atoms with Crippen LogP contribution in [0.25, 0.3) is 0 Å². The normalized spacial score (nSPS) is 11.8. The molecule has 1 atom stereocenters. The number of carbonyl (C=O) groups is 2. The van der Waals surface area contributed by atoms with Crippen LogP contribution in [0.5, 0.6) is 0 Å². The number of amides is 1. The Morgan fingerprint density at radius 2 is 2.03 bits per heavy atom. The molecule has 7 nitrogen and oxygen atoms in total. The molecule has 3 aromatic rings. The predicted octanol–water partition coefficient (Wildman–Crippen LogP) is 4.04. The largest absolute Gasteiger partial charge is 0.469 e. The minimum atomic E-state index is -0.526. The number of thioether (sulfide) groups is 1. The van der Waals surface area contributed by atoms with Gasteiger partial charge >= 0.3 is 5.97 Å². The molecule has 1 amide bonds. The summed E-state index contributed by atoms with van der Waals surface area (Å²) in [6.07, 6.45) is 5.50. The molecule has 3 rings (SSSR count). The molecule has 0 aliphatic rings. The molecule has 29 heavy (non-hydrogen) atoms. The van der Waals surface area contributed by atoms with Gasteiger partial charge in [-0.25, -0.2) is 0 Å². The molecule has 0 fully saturated rings. The van der Waals surface area contributed by atoms with Crippen molar-refractivity contribution in [3.05, 3.63) is 70.3 Å². The molecule has 1 unspecified atom stereocenters. The van der Waals surface area contributed by atoms with Crippen molar-refractivity contribution >= 4 is 39.6 Å². The lowest BCUT2D eigenvalue weighted by Crippen LogP contribution is -2.30. The Bertz CT molecular complexity index is 984. The number of ether oxygens (including phenoxy) is 1. The van der Waals surface area contributed by atoms with E-state index in [4.69, 9.17) is 9.15 Å². The number of methoxy groups -OCH3 is 1. The van der Waals surface area contributed by atoms with Gasteiger partial charge in [-0.15, -0.1) is 11.8 Å². The van der Waals surface area contributed by atoms with Gasteiger partial charge < -0.3 is 14.5 Å². The summed E-state index contributed by atoms with van der Waals surface area (Å²) in [5.74, 6) is -0.0456. The number of benzene rings is 1. The Hall–Kier alpha value is -2.52. The number of nitrogens with zero attached hydrogens (tertiary/aromatic N) is 2. The van der Waals surface area contributed by atoms with E-state index in [2.05, 4.69) is 26.3 Å². The fourth-order valence-electron chi connectivity index (χ4n) is 2.74. The first-order valence-electron chi connectivity index (χ1n) is 8.76. The molecule has 9 heteroatoms. The minimum Gasteiger partial charge on any atom is -0.469 e. The number of furan rings is 1. The highest BCUT2D eigenvalue weighted by Crippen LogP contribution is 2.22. The molecule has 1 N–H and O–H groups in total. The van der Waals surface area contributed by atoms with Crippen LogP contribution in [0.15, 0.2) is 62.6 Å². The van der Waals surface area contributed by atoms with E-state index >= 15 is 0 Å². The second-order valence-electron chi connectivity index (χ2n) is 6.20. The first kappa shape index (κ1) is 21.2.